The molecule has 0 bridgehead atoms. The summed E-state index contributed by atoms with van der Waals surface area (Å²) in [5.74, 6) is 0. The van der Waals surface area contributed by atoms with E-state index < -0.39 is 0 Å². The minimum atomic E-state index is 0.0509. The Balaban J connectivity index is 2.13. The SMILES string of the molecule is CCCN(CCC)CCC1OCCCO1. The summed E-state index contributed by atoms with van der Waals surface area (Å²) in [5, 5.41) is 0. The second-order valence-corrected chi connectivity index (χ2v) is 4.16. The quantitative estimate of drug-likeness (QED) is 0.650. The van der Waals surface area contributed by atoms with Crippen LogP contribution >= 0.6 is 0 Å². The number of ether oxygens (including phenoxy) is 2. The maximum atomic E-state index is 5.54. The summed E-state index contributed by atoms with van der Waals surface area (Å²) in [6, 6.07) is 0. The third kappa shape index (κ3) is 5.50. The van der Waals surface area contributed by atoms with Crippen molar-refractivity contribution < 1.29 is 9.47 Å². The Bertz CT molecular complexity index is 141. The standard InChI is InChI=1S/C12H25NO2/c1-3-7-13(8-4-2)9-6-12-14-10-5-11-15-12/h12H,3-11H2,1-2H3. The van der Waals surface area contributed by atoms with Gasteiger partial charge in [0.2, 0.25) is 0 Å². The molecule has 3 nitrogen and oxygen atoms in total. The second-order valence-electron chi connectivity index (χ2n) is 4.16. The van der Waals surface area contributed by atoms with Gasteiger partial charge in [-0.05, 0) is 32.4 Å². The highest BCUT2D eigenvalue weighted by molar-refractivity contribution is 4.60. The lowest BCUT2D eigenvalue weighted by Crippen LogP contribution is -2.32. The first-order valence-corrected chi connectivity index (χ1v) is 6.32. The predicted octanol–water partition coefficient (Wildman–Crippen LogP) is 2.26. The van der Waals surface area contributed by atoms with Crippen molar-refractivity contribution in [3.63, 3.8) is 0 Å². The van der Waals surface area contributed by atoms with Gasteiger partial charge in [0.25, 0.3) is 0 Å². The molecule has 0 aromatic heterocycles. The number of hydrogen-bond acceptors (Lipinski definition) is 3. The van der Waals surface area contributed by atoms with Crippen LogP contribution in [0.4, 0.5) is 0 Å². The van der Waals surface area contributed by atoms with Gasteiger partial charge in [-0.15, -0.1) is 0 Å². The highest BCUT2D eigenvalue weighted by Crippen LogP contribution is 2.09. The molecule has 0 spiro atoms. The molecule has 1 rings (SSSR count). The van der Waals surface area contributed by atoms with Crippen molar-refractivity contribution in [2.24, 2.45) is 0 Å². The molecule has 90 valence electrons. The zero-order chi connectivity index (χ0) is 10.9. The molecule has 0 unspecified atom stereocenters. The molecule has 1 aliphatic heterocycles. The van der Waals surface area contributed by atoms with Crippen molar-refractivity contribution in [2.75, 3.05) is 32.8 Å². The molecule has 1 saturated heterocycles. The summed E-state index contributed by atoms with van der Waals surface area (Å²) in [6.45, 7) is 9.69. The Morgan fingerprint density at radius 2 is 1.60 bits per heavy atom. The lowest BCUT2D eigenvalue weighted by Gasteiger charge is -2.27. The molecule has 1 heterocycles. The minimum absolute atomic E-state index is 0.0509. The zero-order valence-electron chi connectivity index (χ0n) is 10.2. The first-order chi connectivity index (χ1) is 7.36. The van der Waals surface area contributed by atoms with Crippen LogP contribution in [0.15, 0.2) is 0 Å². The molecular weight excluding hydrogens is 190 g/mol. The van der Waals surface area contributed by atoms with E-state index >= 15 is 0 Å². The first-order valence-electron chi connectivity index (χ1n) is 6.32. The number of rotatable bonds is 7. The van der Waals surface area contributed by atoms with Gasteiger partial charge >= 0.3 is 0 Å². The lowest BCUT2D eigenvalue weighted by atomic mass is 10.3. The molecule has 0 amide bonds. The lowest BCUT2D eigenvalue weighted by molar-refractivity contribution is -0.182. The monoisotopic (exact) mass is 215 g/mol. The topological polar surface area (TPSA) is 21.7 Å². The van der Waals surface area contributed by atoms with Crippen molar-refractivity contribution in [3.05, 3.63) is 0 Å². The van der Waals surface area contributed by atoms with E-state index in [0.717, 1.165) is 32.6 Å². The van der Waals surface area contributed by atoms with Crippen molar-refractivity contribution >= 4 is 0 Å². The van der Waals surface area contributed by atoms with E-state index in [4.69, 9.17) is 9.47 Å². The van der Waals surface area contributed by atoms with Gasteiger partial charge in [0.05, 0.1) is 13.2 Å². The van der Waals surface area contributed by atoms with E-state index in [1.54, 1.807) is 0 Å². The average Bonchev–Trinajstić information content (AvgIpc) is 2.28. The van der Waals surface area contributed by atoms with E-state index in [2.05, 4.69) is 18.7 Å². The fourth-order valence-electron chi connectivity index (χ4n) is 1.96. The highest BCUT2D eigenvalue weighted by atomic mass is 16.7. The molecule has 0 atom stereocenters. The molecular formula is C12H25NO2. The zero-order valence-corrected chi connectivity index (χ0v) is 10.2. The van der Waals surface area contributed by atoms with Crippen molar-refractivity contribution in [2.45, 2.75) is 45.8 Å². The van der Waals surface area contributed by atoms with Crippen molar-refractivity contribution in [1.29, 1.82) is 0 Å². The summed E-state index contributed by atoms with van der Waals surface area (Å²) in [5.41, 5.74) is 0. The van der Waals surface area contributed by atoms with E-state index in [-0.39, 0.29) is 6.29 Å². The molecule has 0 aliphatic carbocycles. The molecule has 0 aromatic rings. The van der Waals surface area contributed by atoms with Crippen LogP contribution in [0.25, 0.3) is 0 Å². The van der Waals surface area contributed by atoms with Crippen molar-refractivity contribution in [3.8, 4) is 0 Å². The van der Waals surface area contributed by atoms with Crippen molar-refractivity contribution in [1.82, 2.24) is 4.90 Å². The van der Waals surface area contributed by atoms with E-state index in [1.165, 1.54) is 25.9 Å². The normalized spacial score (nSPS) is 18.6. The molecule has 0 N–H and O–H groups in total. The van der Waals surface area contributed by atoms with Crippen LogP contribution in [0.1, 0.15) is 39.5 Å². The van der Waals surface area contributed by atoms with Crippen LogP contribution in [-0.2, 0) is 9.47 Å². The smallest absolute Gasteiger partial charge is 0.158 e. The van der Waals surface area contributed by atoms with Crippen LogP contribution in [0, 0.1) is 0 Å². The summed E-state index contributed by atoms with van der Waals surface area (Å²) >= 11 is 0. The predicted molar refractivity (Wildman–Crippen MR) is 61.9 cm³/mol. The average molecular weight is 215 g/mol. The Morgan fingerprint density at radius 3 is 2.13 bits per heavy atom. The van der Waals surface area contributed by atoms with Gasteiger partial charge in [-0.1, -0.05) is 13.8 Å². The fourth-order valence-corrected chi connectivity index (χ4v) is 1.96. The number of nitrogens with zero attached hydrogens (tertiary/aromatic N) is 1. The summed E-state index contributed by atoms with van der Waals surface area (Å²) < 4.78 is 11.1. The van der Waals surface area contributed by atoms with E-state index in [1.807, 2.05) is 0 Å². The Kier molecular flexibility index (Phi) is 6.98. The van der Waals surface area contributed by atoms with Gasteiger partial charge in [0, 0.05) is 13.0 Å². The maximum Gasteiger partial charge on any atom is 0.158 e. The maximum absolute atomic E-state index is 5.54. The van der Waals surface area contributed by atoms with Gasteiger partial charge in [0.1, 0.15) is 0 Å². The molecule has 0 aromatic carbocycles. The highest BCUT2D eigenvalue weighted by Gasteiger charge is 2.15. The minimum Gasteiger partial charge on any atom is -0.353 e. The van der Waals surface area contributed by atoms with Gasteiger partial charge in [-0.2, -0.15) is 0 Å². The van der Waals surface area contributed by atoms with Crippen LogP contribution in [0.5, 0.6) is 0 Å². The third-order valence-electron chi connectivity index (χ3n) is 2.66. The fraction of sp³-hybridized carbons (Fsp3) is 1.00. The third-order valence-corrected chi connectivity index (χ3v) is 2.66. The van der Waals surface area contributed by atoms with Crippen LogP contribution in [0.3, 0.4) is 0 Å². The molecule has 1 aliphatic rings. The summed E-state index contributed by atoms with van der Waals surface area (Å²) in [7, 11) is 0. The summed E-state index contributed by atoms with van der Waals surface area (Å²) in [6.07, 6.45) is 4.57. The second kappa shape index (κ2) is 8.08. The molecule has 0 radical (unpaired) electrons. The Hall–Kier alpha value is -0.120. The largest absolute Gasteiger partial charge is 0.353 e. The molecule has 0 saturated carbocycles. The van der Waals surface area contributed by atoms with E-state index in [9.17, 15) is 0 Å². The molecule has 3 heteroatoms. The Morgan fingerprint density at radius 1 is 1.00 bits per heavy atom. The van der Waals surface area contributed by atoms with Gasteiger partial charge in [-0.25, -0.2) is 0 Å². The van der Waals surface area contributed by atoms with Crippen LogP contribution < -0.4 is 0 Å². The number of hydrogen-bond donors (Lipinski definition) is 0. The molecule has 1 fully saturated rings. The van der Waals surface area contributed by atoms with Gasteiger partial charge in [0.15, 0.2) is 6.29 Å². The van der Waals surface area contributed by atoms with E-state index in [0.29, 0.717) is 0 Å². The summed E-state index contributed by atoms with van der Waals surface area (Å²) in [4.78, 5) is 2.50. The first kappa shape index (κ1) is 12.9. The van der Waals surface area contributed by atoms with Gasteiger partial charge in [-0.3, -0.25) is 0 Å². The molecule has 15 heavy (non-hydrogen) atoms. The van der Waals surface area contributed by atoms with Gasteiger partial charge < -0.3 is 14.4 Å². The van der Waals surface area contributed by atoms with Crippen LogP contribution in [-0.4, -0.2) is 44.0 Å². The van der Waals surface area contributed by atoms with Crippen LogP contribution in [0.2, 0.25) is 0 Å². The Labute approximate surface area is 93.7 Å².